The Bertz CT molecular complexity index is 1810. The summed E-state index contributed by atoms with van der Waals surface area (Å²) in [5, 5.41) is 15.8. The van der Waals surface area contributed by atoms with Crippen molar-refractivity contribution in [3.63, 3.8) is 0 Å². The zero-order valence-corrected chi connectivity index (χ0v) is 25.9. The van der Waals surface area contributed by atoms with Gasteiger partial charge in [-0.3, -0.25) is 4.90 Å². The summed E-state index contributed by atoms with van der Waals surface area (Å²) in [4.78, 5) is 13.6. The van der Waals surface area contributed by atoms with Gasteiger partial charge in [-0.1, -0.05) is 18.2 Å². The number of hydrogen-bond acceptors (Lipinski definition) is 8. The van der Waals surface area contributed by atoms with E-state index in [1.807, 2.05) is 18.2 Å². The van der Waals surface area contributed by atoms with Gasteiger partial charge >= 0.3 is 6.01 Å². The van der Waals surface area contributed by atoms with Crippen molar-refractivity contribution in [1.82, 2.24) is 20.2 Å². The normalized spacial score (nSPS) is 26.0. The molecule has 4 aliphatic rings. The number of hydrogen-bond donors (Lipinski definition) is 2. The highest BCUT2D eigenvalue weighted by Gasteiger charge is 2.49. The average molecular weight is 634 g/mol. The number of rotatable bonds is 8. The van der Waals surface area contributed by atoms with Crippen LogP contribution in [0.5, 0.6) is 11.8 Å². The predicted octanol–water partition coefficient (Wildman–Crippen LogP) is 5.52. The smallest absolute Gasteiger partial charge is 0.319 e. The van der Waals surface area contributed by atoms with Crippen LogP contribution in [0, 0.1) is 11.6 Å². The summed E-state index contributed by atoms with van der Waals surface area (Å²) in [5.74, 6) is -1.28. The first-order valence-corrected chi connectivity index (χ1v) is 16.3. The van der Waals surface area contributed by atoms with Crippen molar-refractivity contribution in [2.45, 2.75) is 62.3 Å². The second kappa shape index (κ2) is 11.5. The number of nitrogens with zero attached hydrogens (tertiary/aromatic N) is 4. The van der Waals surface area contributed by atoms with Crippen LogP contribution in [0.1, 0.15) is 37.7 Å². The van der Waals surface area contributed by atoms with Gasteiger partial charge in [0.1, 0.15) is 35.7 Å². The highest BCUT2D eigenvalue weighted by Crippen LogP contribution is 2.43. The Morgan fingerprint density at radius 1 is 1.09 bits per heavy atom. The molecule has 0 spiro atoms. The number of benzene rings is 3. The summed E-state index contributed by atoms with van der Waals surface area (Å²) in [5.41, 5.74) is 0.328. The Balaban J connectivity index is 1.28. The number of phenols is 1. The van der Waals surface area contributed by atoms with Gasteiger partial charge in [-0.2, -0.15) is 9.97 Å². The lowest BCUT2D eigenvalue weighted by Gasteiger charge is -2.34. The molecule has 8 nitrogen and oxygen atoms in total. The van der Waals surface area contributed by atoms with Crippen LogP contribution in [0.3, 0.4) is 0 Å². The Morgan fingerprint density at radius 2 is 1.91 bits per heavy atom. The van der Waals surface area contributed by atoms with Gasteiger partial charge in [0.05, 0.1) is 17.7 Å². The molecule has 4 aliphatic heterocycles. The minimum Gasteiger partial charge on any atom is -0.508 e. The molecular formula is C35H38F3N5O3. The van der Waals surface area contributed by atoms with Crippen molar-refractivity contribution in [2.75, 3.05) is 51.4 Å². The van der Waals surface area contributed by atoms with Gasteiger partial charge in [0.25, 0.3) is 0 Å². The van der Waals surface area contributed by atoms with Gasteiger partial charge in [-0.15, -0.1) is 0 Å². The quantitative estimate of drug-likeness (QED) is 0.263. The summed E-state index contributed by atoms with van der Waals surface area (Å²) in [6.45, 7) is 3.12. The van der Waals surface area contributed by atoms with Crippen molar-refractivity contribution in [1.29, 1.82) is 0 Å². The molecule has 242 valence electrons. The molecule has 0 radical (unpaired) electrons. The number of anilines is 1. The molecule has 0 aliphatic carbocycles. The van der Waals surface area contributed by atoms with Crippen LogP contribution in [0.25, 0.3) is 32.8 Å². The van der Waals surface area contributed by atoms with E-state index in [1.54, 1.807) is 13.2 Å². The van der Waals surface area contributed by atoms with E-state index >= 15 is 8.78 Å². The molecule has 4 aromatic rings. The molecule has 8 rings (SSSR count). The SMILES string of the molecule is COCCc1cccc2cc(O)cc(-c3c(F)cc4c(N5CC6CCC(C5)N6)nc(OCC56CCCN5C[C@H](F)C6)nc4c3F)c12. The third-order valence-corrected chi connectivity index (χ3v) is 10.5. The van der Waals surface area contributed by atoms with E-state index in [9.17, 15) is 9.50 Å². The lowest BCUT2D eigenvalue weighted by Crippen LogP contribution is -2.51. The van der Waals surface area contributed by atoms with Crippen molar-refractivity contribution < 1.29 is 27.8 Å². The molecule has 4 fully saturated rings. The number of halogens is 3. The highest BCUT2D eigenvalue weighted by molar-refractivity contribution is 6.03. The number of aromatic hydroxyl groups is 1. The Labute approximate surface area is 265 Å². The third-order valence-electron chi connectivity index (χ3n) is 10.5. The minimum absolute atomic E-state index is 0.00470. The van der Waals surface area contributed by atoms with Crippen LogP contribution in [-0.4, -0.2) is 90.3 Å². The van der Waals surface area contributed by atoms with Crippen LogP contribution in [-0.2, 0) is 11.2 Å². The van der Waals surface area contributed by atoms with Gasteiger partial charge in [0, 0.05) is 50.6 Å². The van der Waals surface area contributed by atoms with E-state index in [1.165, 1.54) is 12.1 Å². The lowest BCUT2D eigenvalue weighted by atomic mass is 9.92. The van der Waals surface area contributed by atoms with E-state index in [-0.39, 0.29) is 52.5 Å². The van der Waals surface area contributed by atoms with Gasteiger partial charge in [-0.05, 0) is 78.7 Å². The zero-order chi connectivity index (χ0) is 31.6. The maximum absolute atomic E-state index is 17.0. The van der Waals surface area contributed by atoms with Crippen molar-refractivity contribution in [2.24, 2.45) is 0 Å². The molecule has 3 aromatic carbocycles. The number of methoxy groups -OCH3 is 1. The molecular weight excluding hydrogens is 595 g/mol. The molecule has 3 unspecified atom stereocenters. The van der Waals surface area contributed by atoms with Crippen LogP contribution in [0.4, 0.5) is 19.0 Å². The number of nitrogens with one attached hydrogen (secondary N) is 1. The molecule has 11 heteroatoms. The van der Waals surface area contributed by atoms with E-state index in [2.05, 4.69) is 20.1 Å². The molecule has 46 heavy (non-hydrogen) atoms. The second-order valence-electron chi connectivity index (χ2n) is 13.4. The summed E-state index contributed by atoms with van der Waals surface area (Å²) in [7, 11) is 1.60. The fraction of sp³-hybridized carbons (Fsp3) is 0.486. The molecule has 5 heterocycles. The largest absolute Gasteiger partial charge is 0.508 e. The Hall–Kier alpha value is -3.67. The molecule has 2 N–H and O–H groups in total. The number of alkyl halides is 1. The van der Waals surface area contributed by atoms with Gasteiger partial charge in [0.15, 0.2) is 5.82 Å². The third kappa shape index (κ3) is 5.03. The van der Waals surface area contributed by atoms with Crippen LogP contribution < -0.4 is 15.0 Å². The molecule has 4 atom stereocenters. The maximum Gasteiger partial charge on any atom is 0.319 e. The standard InChI is InChI=1S/C35H38F3N5O3/c1-45-11-8-20-4-2-5-21-12-25(44)13-26(29(20)21)30-28(37)14-27-32(31(30)38)40-34(41-33(27)42-17-23-6-7-24(18-42)39-23)46-19-35-9-3-10-43(35)16-22(36)15-35/h2,4-5,12-14,22-24,39,44H,3,6-11,15-19H2,1H3/t22-,23?,24?,35?/m1/s1. The molecule has 1 aromatic heterocycles. The maximum atomic E-state index is 17.0. The molecule has 4 saturated heterocycles. The van der Waals surface area contributed by atoms with Crippen LogP contribution in [0.2, 0.25) is 0 Å². The van der Waals surface area contributed by atoms with Gasteiger partial charge in [-0.25, -0.2) is 13.2 Å². The Kier molecular flexibility index (Phi) is 7.45. The van der Waals surface area contributed by atoms with Gasteiger partial charge in [0.2, 0.25) is 0 Å². The number of piperazine rings is 1. The van der Waals surface area contributed by atoms with Crippen molar-refractivity contribution >= 4 is 27.5 Å². The fourth-order valence-corrected chi connectivity index (χ4v) is 8.44. The number of phenolic OH excluding ortho intramolecular Hbond substituents is 1. The zero-order valence-electron chi connectivity index (χ0n) is 25.9. The van der Waals surface area contributed by atoms with E-state index in [0.717, 1.165) is 37.8 Å². The first-order valence-electron chi connectivity index (χ1n) is 16.3. The minimum atomic E-state index is -0.915. The highest BCUT2D eigenvalue weighted by atomic mass is 19.1. The van der Waals surface area contributed by atoms with E-state index in [4.69, 9.17) is 14.5 Å². The van der Waals surface area contributed by atoms with Crippen molar-refractivity contribution in [3.8, 4) is 22.9 Å². The number of fused-ring (bicyclic) bond motifs is 5. The lowest BCUT2D eigenvalue weighted by molar-refractivity contribution is 0.107. The second-order valence-corrected chi connectivity index (χ2v) is 13.4. The summed E-state index contributed by atoms with van der Waals surface area (Å²) in [6.07, 6.45) is 3.82. The molecule has 2 bridgehead atoms. The molecule has 0 amide bonds. The molecule has 0 saturated carbocycles. The topological polar surface area (TPSA) is 83.0 Å². The van der Waals surface area contributed by atoms with Gasteiger partial charge < -0.3 is 24.8 Å². The average Bonchev–Trinajstić information content (AvgIpc) is 3.68. The first kappa shape index (κ1) is 29.7. The number of ether oxygens (including phenoxy) is 2. The van der Waals surface area contributed by atoms with Crippen LogP contribution in [0.15, 0.2) is 36.4 Å². The number of aromatic nitrogens is 2. The van der Waals surface area contributed by atoms with Crippen molar-refractivity contribution in [3.05, 3.63) is 53.6 Å². The fourth-order valence-electron chi connectivity index (χ4n) is 8.44. The monoisotopic (exact) mass is 633 g/mol. The summed E-state index contributed by atoms with van der Waals surface area (Å²) in [6, 6.07) is 10.4. The van der Waals surface area contributed by atoms with E-state index in [0.29, 0.717) is 55.7 Å². The summed E-state index contributed by atoms with van der Waals surface area (Å²) >= 11 is 0. The first-order chi connectivity index (χ1) is 22.3. The van der Waals surface area contributed by atoms with E-state index < -0.39 is 23.3 Å². The predicted molar refractivity (Wildman–Crippen MR) is 170 cm³/mol. The Morgan fingerprint density at radius 3 is 2.72 bits per heavy atom. The summed E-state index contributed by atoms with van der Waals surface area (Å²) < 4.78 is 59.4. The van der Waals surface area contributed by atoms with Crippen LogP contribution >= 0.6 is 0 Å².